The molecule has 1 amide bonds. The van der Waals surface area contributed by atoms with E-state index in [0.717, 1.165) is 33.5 Å². The number of benzene rings is 2. The van der Waals surface area contributed by atoms with Gasteiger partial charge in [-0.2, -0.15) is 0 Å². The lowest BCUT2D eigenvalue weighted by atomic mass is 10.0. The second-order valence-electron chi connectivity index (χ2n) is 7.65. The minimum atomic E-state index is 0.0118. The van der Waals surface area contributed by atoms with Crippen LogP contribution in [-0.2, 0) is 11.3 Å². The van der Waals surface area contributed by atoms with Gasteiger partial charge in [0.25, 0.3) is 0 Å². The number of para-hydroxylation sites is 1. The molecule has 2 aromatic heterocycles. The summed E-state index contributed by atoms with van der Waals surface area (Å²) < 4.78 is 2.06. The van der Waals surface area contributed by atoms with Crippen molar-refractivity contribution in [2.24, 2.45) is 0 Å². The number of nitrogens with zero attached hydrogens (tertiary/aromatic N) is 5. The molecule has 0 aliphatic carbocycles. The zero-order chi connectivity index (χ0) is 23.9. The van der Waals surface area contributed by atoms with Crippen LogP contribution < -0.4 is 0 Å². The molecule has 4 rings (SSSR count). The molecule has 0 saturated carbocycles. The summed E-state index contributed by atoms with van der Waals surface area (Å²) in [6.45, 7) is 11.2. The second kappa shape index (κ2) is 10.9. The van der Waals surface area contributed by atoms with Crippen LogP contribution in [0.25, 0.3) is 33.5 Å². The van der Waals surface area contributed by atoms with Gasteiger partial charge in [-0.25, -0.2) is 4.98 Å². The zero-order valence-electron chi connectivity index (χ0n) is 19.2. The minimum absolute atomic E-state index is 0.0118. The third-order valence-electron chi connectivity index (χ3n) is 5.44. The number of amides is 1. The molecule has 2 heterocycles. The first-order chi connectivity index (χ1) is 16.7. The predicted octanol–water partition coefficient (Wildman–Crippen LogP) is 5.47. The first-order valence-electron chi connectivity index (χ1n) is 11.2. The lowest BCUT2D eigenvalue weighted by molar-refractivity contribution is -0.127. The van der Waals surface area contributed by atoms with Crippen LogP contribution in [0.4, 0.5) is 0 Å². The summed E-state index contributed by atoms with van der Waals surface area (Å²) in [5.74, 6) is 1.05. The van der Waals surface area contributed by atoms with E-state index in [1.165, 1.54) is 11.8 Å². The first kappa shape index (κ1) is 23.4. The summed E-state index contributed by atoms with van der Waals surface area (Å²) in [5.41, 5.74) is 3.80. The summed E-state index contributed by atoms with van der Waals surface area (Å²) in [5, 5.41) is 10.7. The van der Waals surface area contributed by atoms with Crippen molar-refractivity contribution in [3.63, 3.8) is 0 Å². The SMILES string of the molecule is C=CCN(CC=C)C(=O)CSc1nnc(-c2cc(-c3ccccc3)nc3ccccc23)n1CC. The van der Waals surface area contributed by atoms with Crippen LogP contribution in [0.3, 0.4) is 0 Å². The molecule has 0 spiro atoms. The molecule has 0 unspecified atom stereocenters. The fraction of sp³-hybridized carbons (Fsp3) is 0.185. The Morgan fingerprint density at radius 1 is 1.03 bits per heavy atom. The Hall–Kier alpha value is -3.71. The average molecular weight is 470 g/mol. The molecular weight excluding hydrogens is 442 g/mol. The Morgan fingerprint density at radius 3 is 2.44 bits per heavy atom. The molecule has 2 aromatic carbocycles. The summed E-state index contributed by atoms with van der Waals surface area (Å²) in [7, 11) is 0. The van der Waals surface area contributed by atoms with E-state index in [1.54, 1.807) is 17.1 Å². The molecule has 0 atom stereocenters. The number of fused-ring (bicyclic) bond motifs is 1. The third-order valence-corrected chi connectivity index (χ3v) is 6.39. The van der Waals surface area contributed by atoms with Gasteiger partial charge in [-0.1, -0.05) is 72.4 Å². The molecule has 0 saturated heterocycles. The highest BCUT2D eigenvalue weighted by Gasteiger charge is 2.19. The van der Waals surface area contributed by atoms with E-state index in [2.05, 4.69) is 59.1 Å². The normalized spacial score (nSPS) is 10.9. The van der Waals surface area contributed by atoms with E-state index in [0.29, 0.717) is 24.8 Å². The van der Waals surface area contributed by atoms with E-state index in [9.17, 15) is 4.79 Å². The van der Waals surface area contributed by atoms with Gasteiger partial charge in [0, 0.05) is 36.1 Å². The zero-order valence-corrected chi connectivity index (χ0v) is 20.0. The van der Waals surface area contributed by atoms with Crippen molar-refractivity contribution in [1.82, 2.24) is 24.6 Å². The van der Waals surface area contributed by atoms with Crippen molar-refractivity contribution in [2.45, 2.75) is 18.6 Å². The molecule has 6 nitrogen and oxygen atoms in total. The molecule has 7 heteroatoms. The standard InChI is InChI=1S/C27H27N5OS/c1-4-16-31(17-5-2)25(33)19-34-27-30-29-26(32(27)6-3)22-18-24(20-12-8-7-9-13-20)28-23-15-11-10-14-21(22)23/h4-5,7-15,18H,1-2,6,16-17,19H2,3H3. The monoisotopic (exact) mass is 469 g/mol. The Morgan fingerprint density at radius 2 is 1.74 bits per heavy atom. The van der Waals surface area contributed by atoms with Crippen LogP contribution in [0.1, 0.15) is 6.92 Å². The van der Waals surface area contributed by atoms with Gasteiger partial charge in [-0.05, 0) is 19.1 Å². The molecule has 172 valence electrons. The summed E-state index contributed by atoms with van der Waals surface area (Å²) in [4.78, 5) is 19.3. The molecule has 0 N–H and O–H groups in total. The third kappa shape index (κ3) is 4.94. The van der Waals surface area contributed by atoms with Gasteiger partial charge in [0.2, 0.25) is 5.91 Å². The molecule has 4 aromatic rings. The Bertz CT molecular complexity index is 1310. The average Bonchev–Trinajstić information content (AvgIpc) is 3.29. The second-order valence-corrected chi connectivity index (χ2v) is 8.60. The number of carbonyl (C=O) groups excluding carboxylic acids is 1. The molecule has 0 fully saturated rings. The number of aromatic nitrogens is 4. The van der Waals surface area contributed by atoms with E-state index < -0.39 is 0 Å². The summed E-state index contributed by atoms with van der Waals surface area (Å²) >= 11 is 1.40. The maximum Gasteiger partial charge on any atom is 0.233 e. The van der Waals surface area contributed by atoms with Gasteiger partial charge in [-0.15, -0.1) is 23.4 Å². The maximum absolute atomic E-state index is 12.7. The van der Waals surface area contributed by atoms with Crippen molar-refractivity contribution in [1.29, 1.82) is 0 Å². The van der Waals surface area contributed by atoms with Crippen LogP contribution in [0.2, 0.25) is 0 Å². The molecule has 0 bridgehead atoms. The molecule has 0 aliphatic rings. The molecular formula is C27H27N5OS. The fourth-order valence-electron chi connectivity index (χ4n) is 3.80. The van der Waals surface area contributed by atoms with Crippen molar-refractivity contribution < 1.29 is 4.79 Å². The molecule has 34 heavy (non-hydrogen) atoms. The lowest BCUT2D eigenvalue weighted by Crippen LogP contribution is -2.32. The van der Waals surface area contributed by atoms with E-state index >= 15 is 0 Å². The van der Waals surface area contributed by atoms with Crippen molar-refractivity contribution in [3.8, 4) is 22.6 Å². The summed E-state index contributed by atoms with van der Waals surface area (Å²) in [6.07, 6.45) is 3.44. The van der Waals surface area contributed by atoms with Crippen molar-refractivity contribution in [2.75, 3.05) is 18.8 Å². The van der Waals surface area contributed by atoms with E-state index in [4.69, 9.17) is 4.98 Å². The van der Waals surface area contributed by atoms with Crippen LogP contribution in [0, 0.1) is 0 Å². The Labute approximate surface area is 204 Å². The highest BCUT2D eigenvalue weighted by molar-refractivity contribution is 7.99. The topological polar surface area (TPSA) is 63.9 Å². The van der Waals surface area contributed by atoms with Crippen LogP contribution >= 0.6 is 11.8 Å². The highest BCUT2D eigenvalue weighted by Crippen LogP contribution is 2.33. The van der Waals surface area contributed by atoms with E-state index in [1.807, 2.05) is 36.4 Å². The number of hydrogen-bond donors (Lipinski definition) is 0. The number of rotatable bonds is 10. The smallest absolute Gasteiger partial charge is 0.233 e. The largest absolute Gasteiger partial charge is 0.335 e. The quantitative estimate of drug-likeness (QED) is 0.228. The maximum atomic E-state index is 12.7. The molecule has 0 radical (unpaired) electrons. The number of thioether (sulfide) groups is 1. The van der Waals surface area contributed by atoms with Gasteiger partial charge in [0.1, 0.15) is 0 Å². The van der Waals surface area contributed by atoms with Crippen LogP contribution in [-0.4, -0.2) is 49.4 Å². The predicted molar refractivity (Wildman–Crippen MR) is 140 cm³/mol. The number of hydrogen-bond acceptors (Lipinski definition) is 5. The van der Waals surface area contributed by atoms with Gasteiger partial charge < -0.3 is 9.47 Å². The van der Waals surface area contributed by atoms with Gasteiger partial charge in [0.05, 0.1) is 17.0 Å². The van der Waals surface area contributed by atoms with Gasteiger partial charge in [-0.3, -0.25) is 4.79 Å². The van der Waals surface area contributed by atoms with Gasteiger partial charge in [0.15, 0.2) is 11.0 Å². The lowest BCUT2D eigenvalue weighted by Gasteiger charge is -2.18. The number of pyridine rings is 1. The minimum Gasteiger partial charge on any atom is -0.335 e. The van der Waals surface area contributed by atoms with Crippen molar-refractivity contribution >= 4 is 28.6 Å². The summed E-state index contributed by atoms with van der Waals surface area (Å²) in [6, 6.07) is 20.3. The van der Waals surface area contributed by atoms with Gasteiger partial charge >= 0.3 is 0 Å². The first-order valence-corrected chi connectivity index (χ1v) is 12.2. The molecule has 0 aliphatic heterocycles. The van der Waals surface area contributed by atoms with Crippen LogP contribution in [0.15, 0.2) is 91.1 Å². The highest BCUT2D eigenvalue weighted by atomic mass is 32.2. The van der Waals surface area contributed by atoms with E-state index in [-0.39, 0.29) is 11.7 Å². The van der Waals surface area contributed by atoms with Crippen molar-refractivity contribution in [3.05, 3.63) is 86.0 Å². The number of carbonyl (C=O) groups is 1. The Balaban J connectivity index is 1.70. The fourth-order valence-corrected chi connectivity index (χ4v) is 4.71. The van der Waals surface area contributed by atoms with Crippen LogP contribution in [0.5, 0.6) is 0 Å². The Kier molecular flexibility index (Phi) is 7.54.